The molecule has 0 radical (unpaired) electrons. The average Bonchev–Trinajstić information content (AvgIpc) is 3.33. The molecule has 3 rings (SSSR count). The molecule has 1 heterocycles. The first-order chi connectivity index (χ1) is 11.9. The lowest BCUT2D eigenvalue weighted by molar-refractivity contribution is 0.0931. The molecule has 4 nitrogen and oxygen atoms in total. The van der Waals surface area contributed by atoms with E-state index in [1.165, 1.54) is 0 Å². The third-order valence-electron chi connectivity index (χ3n) is 4.44. The number of rotatable bonds is 6. The van der Waals surface area contributed by atoms with E-state index in [-0.39, 0.29) is 11.9 Å². The quantitative estimate of drug-likeness (QED) is 0.764. The standard InChI is InChI=1S/C19H23Cl2N3O/c1-11(2)10-24-18(21)16(12(3)23-24)19(25)22-17(13-4-5-13)14-6-8-15(20)9-7-14/h6-9,11,13,17H,4-5,10H2,1-3H3,(H,22,25)/t17-/m0/s1. The number of nitrogens with zero attached hydrogens (tertiary/aromatic N) is 2. The Morgan fingerprint density at radius 1 is 1.28 bits per heavy atom. The highest BCUT2D eigenvalue weighted by Crippen LogP contribution is 2.41. The van der Waals surface area contributed by atoms with Crippen LogP contribution in [0.25, 0.3) is 0 Å². The molecule has 0 unspecified atom stereocenters. The molecule has 6 heteroatoms. The summed E-state index contributed by atoms with van der Waals surface area (Å²) in [6, 6.07) is 7.65. The van der Waals surface area contributed by atoms with Gasteiger partial charge in [0.05, 0.1) is 17.3 Å². The van der Waals surface area contributed by atoms with Gasteiger partial charge in [-0.05, 0) is 49.3 Å². The van der Waals surface area contributed by atoms with Crippen molar-refractivity contribution in [2.45, 2.75) is 46.2 Å². The zero-order valence-electron chi connectivity index (χ0n) is 14.7. The average molecular weight is 380 g/mol. The van der Waals surface area contributed by atoms with Gasteiger partial charge in [0, 0.05) is 11.6 Å². The Morgan fingerprint density at radius 3 is 2.48 bits per heavy atom. The number of carbonyl (C=O) groups is 1. The third kappa shape index (κ3) is 4.18. The molecule has 1 aromatic carbocycles. The van der Waals surface area contributed by atoms with Gasteiger partial charge in [0.1, 0.15) is 5.15 Å². The van der Waals surface area contributed by atoms with E-state index in [1.54, 1.807) is 4.68 Å². The van der Waals surface area contributed by atoms with Crippen LogP contribution in [-0.4, -0.2) is 15.7 Å². The van der Waals surface area contributed by atoms with Gasteiger partial charge in [0.25, 0.3) is 5.91 Å². The summed E-state index contributed by atoms with van der Waals surface area (Å²) in [4.78, 5) is 12.9. The van der Waals surface area contributed by atoms with Gasteiger partial charge in [-0.15, -0.1) is 0 Å². The summed E-state index contributed by atoms with van der Waals surface area (Å²) in [5.74, 6) is 0.709. The summed E-state index contributed by atoms with van der Waals surface area (Å²) in [6.45, 7) is 6.70. The SMILES string of the molecule is Cc1nn(CC(C)C)c(Cl)c1C(=O)N[C@H](c1ccc(Cl)cc1)C1CC1. The Balaban J connectivity index is 1.83. The molecule has 0 aliphatic heterocycles. The van der Waals surface area contributed by atoms with E-state index in [1.807, 2.05) is 31.2 Å². The van der Waals surface area contributed by atoms with E-state index in [9.17, 15) is 4.79 Å². The lowest BCUT2D eigenvalue weighted by atomic mass is 10.0. The van der Waals surface area contributed by atoms with Crippen molar-refractivity contribution in [2.75, 3.05) is 0 Å². The van der Waals surface area contributed by atoms with Crippen molar-refractivity contribution in [1.82, 2.24) is 15.1 Å². The minimum Gasteiger partial charge on any atom is -0.345 e. The second-order valence-corrected chi connectivity index (χ2v) is 7.96. The number of aromatic nitrogens is 2. The van der Waals surface area contributed by atoms with Crippen LogP contribution in [0, 0.1) is 18.8 Å². The fraction of sp³-hybridized carbons (Fsp3) is 0.474. The van der Waals surface area contributed by atoms with Crippen LogP contribution in [0.5, 0.6) is 0 Å². The van der Waals surface area contributed by atoms with Crippen LogP contribution in [0.15, 0.2) is 24.3 Å². The van der Waals surface area contributed by atoms with E-state index >= 15 is 0 Å². The second kappa shape index (κ2) is 7.38. The molecular formula is C19H23Cl2N3O. The summed E-state index contributed by atoms with van der Waals surface area (Å²) in [7, 11) is 0. The second-order valence-electron chi connectivity index (χ2n) is 7.17. The highest BCUT2D eigenvalue weighted by Gasteiger charge is 2.34. The van der Waals surface area contributed by atoms with Crippen molar-refractivity contribution >= 4 is 29.1 Å². The van der Waals surface area contributed by atoms with Crippen LogP contribution in [0.1, 0.15) is 54.3 Å². The first-order valence-corrected chi connectivity index (χ1v) is 9.41. The van der Waals surface area contributed by atoms with Crippen LogP contribution < -0.4 is 5.32 Å². The Kier molecular flexibility index (Phi) is 5.40. The summed E-state index contributed by atoms with van der Waals surface area (Å²) in [5.41, 5.74) is 2.21. The van der Waals surface area contributed by atoms with Crippen LogP contribution in [0.4, 0.5) is 0 Å². The molecule has 1 aliphatic carbocycles. The van der Waals surface area contributed by atoms with Gasteiger partial charge in [-0.25, -0.2) is 0 Å². The molecule has 1 fully saturated rings. The summed E-state index contributed by atoms with van der Waals surface area (Å²) < 4.78 is 1.71. The number of hydrogen-bond acceptors (Lipinski definition) is 2. The van der Waals surface area contributed by atoms with E-state index in [2.05, 4.69) is 24.3 Å². The third-order valence-corrected chi connectivity index (χ3v) is 5.08. The Hall–Kier alpha value is -1.52. The number of carbonyl (C=O) groups excluding carboxylic acids is 1. The first-order valence-electron chi connectivity index (χ1n) is 8.66. The number of hydrogen-bond donors (Lipinski definition) is 1. The molecule has 1 amide bonds. The zero-order chi connectivity index (χ0) is 18.1. The maximum absolute atomic E-state index is 12.9. The molecular weight excluding hydrogens is 357 g/mol. The van der Waals surface area contributed by atoms with Crippen LogP contribution in [-0.2, 0) is 6.54 Å². The van der Waals surface area contributed by atoms with E-state index in [4.69, 9.17) is 23.2 Å². The molecule has 0 bridgehead atoms. The Labute approximate surface area is 158 Å². The van der Waals surface area contributed by atoms with E-state index in [0.717, 1.165) is 18.4 Å². The predicted octanol–water partition coefficient (Wildman–Crippen LogP) is 5.04. The lowest BCUT2D eigenvalue weighted by Gasteiger charge is -2.19. The van der Waals surface area contributed by atoms with Gasteiger partial charge in [-0.3, -0.25) is 9.48 Å². The lowest BCUT2D eigenvalue weighted by Crippen LogP contribution is -2.30. The number of aryl methyl sites for hydroxylation is 1. The molecule has 1 aromatic heterocycles. The fourth-order valence-electron chi connectivity index (χ4n) is 3.06. The van der Waals surface area contributed by atoms with E-state index < -0.39 is 0 Å². The normalized spacial score (nSPS) is 15.4. The van der Waals surface area contributed by atoms with Gasteiger partial charge in [-0.2, -0.15) is 5.10 Å². The van der Waals surface area contributed by atoms with Crippen molar-refractivity contribution < 1.29 is 4.79 Å². The molecule has 0 saturated heterocycles. The summed E-state index contributed by atoms with van der Waals surface area (Å²) in [6.07, 6.45) is 2.24. The Bertz CT molecular complexity index is 764. The molecule has 0 spiro atoms. The first kappa shape index (κ1) is 18.3. The number of halogens is 2. The van der Waals surface area contributed by atoms with E-state index in [0.29, 0.717) is 39.8 Å². The van der Waals surface area contributed by atoms with Gasteiger partial charge in [-0.1, -0.05) is 49.2 Å². The topological polar surface area (TPSA) is 46.9 Å². The highest BCUT2D eigenvalue weighted by atomic mass is 35.5. The van der Waals surface area contributed by atoms with Crippen LogP contribution in [0.3, 0.4) is 0 Å². The summed E-state index contributed by atoms with van der Waals surface area (Å²) >= 11 is 12.4. The van der Waals surface area contributed by atoms with Crippen LogP contribution >= 0.6 is 23.2 Å². The van der Waals surface area contributed by atoms with Crippen molar-refractivity contribution in [2.24, 2.45) is 11.8 Å². The van der Waals surface area contributed by atoms with Crippen molar-refractivity contribution in [3.63, 3.8) is 0 Å². The number of nitrogens with one attached hydrogen (secondary N) is 1. The Morgan fingerprint density at radius 2 is 1.92 bits per heavy atom. The largest absolute Gasteiger partial charge is 0.345 e. The number of benzene rings is 1. The maximum atomic E-state index is 12.9. The molecule has 1 N–H and O–H groups in total. The molecule has 1 atom stereocenters. The molecule has 134 valence electrons. The van der Waals surface area contributed by atoms with Crippen molar-refractivity contribution in [3.8, 4) is 0 Å². The van der Waals surface area contributed by atoms with Gasteiger partial charge < -0.3 is 5.32 Å². The van der Waals surface area contributed by atoms with Gasteiger partial charge in [0.2, 0.25) is 0 Å². The van der Waals surface area contributed by atoms with Gasteiger partial charge >= 0.3 is 0 Å². The molecule has 1 saturated carbocycles. The van der Waals surface area contributed by atoms with Crippen LogP contribution in [0.2, 0.25) is 10.2 Å². The predicted molar refractivity (Wildman–Crippen MR) is 101 cm³/mol. The minimum atomic E-state index is -0.163. The van der Waals surface area contributed by atoms with Crippen molar-refractivity contribution in [1.29, 1.82) is 0 Å². The summed E-state index contributed by atoms with van der Waals surface area (Å²) in [5, 5.41) is 8.69. The van der Waals surface area contributed by atoms with Crippen molar-refractivity contribution in [3.05, 3.63) is 51.3 Å². The minimum absolute atomic E-state index is 0.0197. The molecule has 1 aliphatic rings. The molecule has 25 heavy (non-hydrogen) atoms. The zero-order valence-corrected chi connectivity index (χ0v) is 16.2. The molecule has 2 aromatic rings. The number of amides is 1. The maximum Gasteiger partial charge on any atom is 0.256 e. The highest BCUT2D eigenvalue weighted by molar-refractivity contribution is 6.33. The fourth-order valence-corrected chi connectivity index (χ4v) is 3.52. The van der Waals surface area contributed by atoms with Gasteiger partial charge in [0.15, 0.2) is 0 Å². The monoisotopic (exact) mass is 379 g/mol. The smallest absolute Gasteiger partial charge is 0.256 e.